The molecule has 8 heteroatoms. The number of aromatic amines is 1. The van der Waals surface area contributed by atoms with Crippen LogP contribution in [0.25, 0.3) is 16.6 Å². The Balaban J connectivity index is 1.40. The lowest BCUT2D eigenvalue weighted by Gasteiger charge is -2.22. The molecular formula is C24H25N5O3. The minimum Gasteiger partial charge on any atom is -0.480 e. The highest BCUT2D eigenvalue weighted by atomic mass is 16.4. The van der Waals surface area contributed by atoms with E-state index in [4.69, 9.17) is 0 Å². The molecule has 4 aromatic rings. The SMILES string of the molecule is O=C(NC(Cc1c[nH]c2ccccc12)C(=O)O)c1cnn2c(C3CCCCC3)ccnc12. The van der Waals surface area contributed by atoms with Crippen molar-refractivity contribution >= 4 is 28.4 Å². The Morgan fingerprint density at radius 2 is 2.00 bits per heavy atom. The zero-order chi connectivity index (χ0) is 22.1. The van der Waals surface area contributed by atoms with Gasteiger partial charge in [-0.2, -0.15) is 5.10 Å². The van der Waals surface area contributed by atoms with Gasteiger partial charge < -0.3 is 15.4 Å². The number of nitrogens with one attached hydrogen (secondary N) is 2. The average Bonchev–Trinajstić information content (AvgIpc) is 3.43. The molecule has 0 spiro atoms. The van der Waals surface area contributed by atoms with Crippen molar-refractivity contribution in [3.8, 4) is 0 Å². The van der Waals surface area contributed by atoms with Crippen molar-refractivity contribution in [3.63, 3.8) is 0 Å². The molecule has 3 aromatic heterocycles. The Morgan fingerprint density at radius 3 is 2.81 bits per heavy atom. The second-order valence-electron chi connectivity index (χ2n) is 8.43. The number of rotatable bonds is 6. The molecule has 3 heterocycles. The van der Waals surface area contributed by atoms with Gasteiger partial charge in [-0.15, -0.1) is 0 Å². The first-order valence-corrected chi connectivity index (χ1v) is 11.0. The number of carbonyl (C=O) groups is 2. The number of nitrogens with zero attached hydrogens (tertiary/aromatic N) is 3. The lowest BCUT2D eigenvalue weighted by molar-refractivity contribution is -0.139. The number of amides is 1. The summed E-state index contributed by atoms with van der Waals surface area (Å²) in [6, 6.07) is 8.58. The smallest absolute Gasteiger partial charge is 0.326 e. The number of carboxylic acids is 1. The lowest BCUT2D eigenvalue weighted by atomic mass is 9.87. The van der Waals surface area contributed by atoms with E-state index in [-0.39, 0.29) is 12.0 Å². The number of carbonyl (C=O) groups excluding carboxylic acids is 1. The Labute approximate surface area is 184 Å². The normalized spacial score (nSPS) is 15.8. The lowest BCUT2D eigenvalue weighted by Crippen LogP contribution is -2.42. The molecule has 0 aliphatic heterocycles. The minimum absolute atomic E-state index is 0.172. The predicted molar refractivity (Wildman–Crippen MR) is 120 cm³/mol. The van der Waals surface area contributed by atoms with Gasteiger partial charge in [0.2, 0.25) is 0 Å². The third kappa shape index (κ3) is 3.72. The van der Waals surface area contributed by atoms with Gasteiger partial charge >= 0.3 is 5.97 Å². The molecule has 1 aromatic carbocycles. The van der Waals surface area contributed by atoms with E-state index in [0.717, 1.165) is 35.0 Å². The maximum absolute atomic E-state index is 13.0. The number of hydrogen-bond acceptors (Lipinski definition) is 4. The molecule has 5 rings (SSSR count). The summed E-state index contributed by atoms with van der Waals surface area (Å²) in [4.78, 5) is 32.5. The Morgan fingerprint density at radius 1 is 1.19 bits per heavy atom. The number of aromatic nitrogens is 4. The molecule has 1 atom stereocenters. The second kappa shape index (κ2) is 8.45. The minimum atomic E-state index is -1.09. The van der Waals surface area contributed by atoms with E-state index >= 15 is 0 Å². The molecule has 1 saturated carbocycles. The molecule has 1 aliphatic carbocycles. The molecular weight excluding hydrogens is 406 g/mol. The molecule has 0 bridgehead atoms. The van der Waals surface area contributed by atoms with Crippen molar-refractivity contribution in [1.82, 2.24) is 24.9 Å². The van der Waals surface area contributed by atoms with Gasteiger partial charge in [-0.3, -0.25) is 4.79 Å². The van der Waals surface area contributed by atoms with Gasteiger partial charge in [0.15, 0.2) is 5.65 Å². The Kier molecular flexibility index (Phi) is 5.34. The molecule has 1 unspecified atom stereocenters. The largest absolute Gasteiger partial charge is 0.480 e. The van der Waals surface area contributed by atoms with Crippen molar-refractivity contribution in [2.75, 3.05) is 0 Å². The first kappa shape index (κ1) is 20.2. The maximum Gasteiger partial charge on any atom is 0.326 e. The maximum atomic E-state index is 13.0. The van der Waals surface area contributed by atoms with Crippen LogP contribution in [-0.4, -0.2) is 42.6 Å². The van der Waals surface area contributed by atoms with Gasteiger partial charge in [0.25, 0.3) is 5.91 Å². The zero-order valence-electron chi connectivity index (χ0n) is 17.6. The van der Waals surface area contributed by atoms with Crippen LogP contribution < -0.4 is 5.32 Å². The van der Waals surface area contributed by atoms with Crippen LogP contribution in [0, 0.1) is 0 Å². The predicted octanol–water partition coefficient (Wildman–Crippen LogP) is 3.68. The fourth-order valence-corrected chi connectivity index (χ4v) is 4.73. The van der Waals surface area contributed by atoms with Crippen LogP contribution in [0.1, 0.15) is 59.6 Å². The van der Waals surface area contributed by atoms with Crippen LogP contribution in [0.4, 0.5) is 0 Å². The van der Waals surface area contributed by atoms with Crippen LogP contribution in [0.15, 0.2) is 48.9 Å². The monoisotopic (exact) mass is 431 g/mol. The van der Waals surface area contributed by atoms with Gasteiger partial charge in [0, 0.05) is 41.3 Å². The zero-order valence-corrected chi connectivity index (χ0v) is 17.6. The summed E-state index contributed by atoms with van der Waals surface area (Å²) in [5.74, 6) is -1.17. The fourth-order valence-electron chi connectivity index (χ4n) is 4.73. The number of carboxylic acid groups (broad SMARTS) is 1. The van der Waals surface area contributed by atoms with Crippen LogP contribution in [-0.2, 0) is 11.2 Å². The molecule has 164 valence electrons. The highest BCUT2D eigenvalue weighted by Crippen LogP contribution is 2.32. The molecule has 0 saturated heterocycles. The summed E-state index contributed by atoms with van der Waals surface area (Å²) >= 11 is 0. The standard InChI is InChI=1S/C24H25N5O3/c30-23(28-20(24(31)32)12-16-13-26-19-9-5-4-8-17(16)19)18-14-27-29-21(10-11-25-22(18)29)15-6-2-1-3-7-15/h4-5,8-11,13-15,20,26H,1-3,6-7,12H2,(H,28,30)(H,31,32). The third-order valence-electron chi connectivity index (χ3n) is 6.40. The van der Waals surface area contributed by atoms with Gasteiger partial charge in [-0.25, -0.2) is 14.3 Å². The first-order valence-electron chi connectivity index (χ1n) is 11.0. The number of benzene rings is 1. The number of aliphatic carboxylic acids is 1. The van der Waals surface area contributed by atoms with Crippen LogP contribution in [0.5, 0.6) is 0 Å². The Hall–Kier alpha value is -3.68. The van der Waals surface area contributed by atoms with Gasteiger partial charge in [-0.1, -0.05) is 37.5 Å². The molecule has 1 amide bonds. The van der Waals surface area contributed by atoms with E-state index in [1.54, 1.807) is 16.9 Å². The highest BCUT2D eigenvalue weighted by Gasteiger charge is 2.26. The molecule has 8 nitrogen and oxygen atoms in total. The molecule has 0 radical (unpaired) electrons. The van der Waals surface area contributed by atoms with E-state index in [1.807, 2.05) is 30.3 Å². The molecule has 3 N–H and O–H groups in total. The van der Waals surface area contributed by atoms with Crippen molar-refractivity contribution in [2.45, 2.75) is 50.5 Å². The van der Waals surface area contributed by atoms with Crippen LogP contribution >= 0.6 is 0 Å². The third-order valence-corrected chi connectivity index (χ3v) is 6.40. The van der Waals surface area contributed by atoms with E-state index in [9.17, 15) is 14.7 Å². The van der Waals surface area contributed by atoms with E-state index < -0.39 is 17.9 Å². The highest BCUT2D eigenvalue weighted by molar-refractivity contribution is 6.01. The summed E-state index contributed by atoms with van der Waals surface area (Å²) in [6.07, 6.45) is 11.0. The van der Waals surface area contributed by atoms with Gasteiger partial charge in [-0.05, 0) is 30.5 Å². The molecule has 32 heavy (non-hydrogen) atoms. The quantitative estimate of drug-likeness (QED) is 0.431. The van der Waals surface area contributed by atoms with E-state index in [0.29, 0.717) is 11.6 Å². The van der Waals surface area contributed by atoms with Crippen molar-refractivity contribution in [1.29, 1.82) is 0 Å². The van der Waals surface area contributed by atoms with E-state index in [2.05, 4.69) is 20.4 Å². The average molecular weight is 431 g/mol. The topological polar surface area (TPSA) is 112 Å². The second-order valence-corrected chi connectivity index (χ2v) is 8.43. The number of fused-ring (bicyclic) bond motifs is 2. The van der Waals surface area contributed by atoms with Gasteiger partial charge in [0.05, 0.1) is 6.20 Å². The molecule has 1 fully saturated rings. The summed E-state index contributed by atoms with van der Waals surface area (Å²) in [5.41, 5.74) is 3.57. The summed E-state index contributed by atoms with van der Waals surface area (Å²) < 4.78 is 1.74. The van der Waals surface area contributed by atoms with Crippen LogP contribution in [0.3, 0.4) is 0 Å². The number of hydrogen-bond donors (Lipinski definition) is 3. The van der Waals surface area contributed by atoms with Crippen molar-refractivity contribution < 1.29 is 14.7 Å². The molecule has 1 aliphatic rings. The number of H-pyrrole nitrogens is 1. The van der Waals surface area contributed by atoms with Crippen LogP contribution in [0.2, 0.25) is 0 Å². The fraction of sp³-hybridized carbons (Fsp3) is 0.333. The first-order chi connectivity index (χ1) is 15.6. The summed E-state index contributed by atoms with van der Waals surface area (Å²) in [7, 11) is 0. The number of para-hydroxylation sites is 1. The summed E-state index contributed by atoms with van der Waals surface area (Å²) in [5, 5.41) is 17.8. The van der Waals surface area contributed by atoms with Crippen molar-refractivity contribution in [3.05, 3.63) is 65.7 Å². The van der Waals surface area contributed by atoms with E-state index in [1.165, 1.54) is 25.5 Å². The van der Waals surface area contributed by atoms with Gasteiger partial charge in [0.1, 0.15) is 11.6 Å². The summed E-state index contributed by atoms with van der Waals surface area (Å²) in [6.45, 7) is 0. The Bertz CT molecular complexity index is 1290. The van der Waals surface area contributed by atoms with Crippen molar-refractivity contribution in [2.24, 2.45) is 0 Å².